The fraction of sp³-hybridized carbons (Fsp3) is 0.667. The van der Waals surface area contributed by atoms with Crippen LogP contribution in [0, 0.1) is 0 Å². The summed E-state index contributed by atoms with van der Waals surface area (Å²) in [5, 5.41) is 8.67. The molecule has 0 aromatic rings. The van der Waals surface area contributed by atoms with Crippen molar-refractivity contribution >= 4 is 17.6 Å². The van der Waals surface area contributed by atoms with Crippen molar-refractivity contribution in [3.8, 4) is 0 Å². The molecular formula is C9H18ClNO2. The van der Waals surface area contributed by atoms with E-state index in [1.807, 2.05) is 13.8 Å². The molecular weight excluding hydrogens is 190 g/mol. The smallest absolute Gasteiger partial charge is 0.331 e. The fourth-order valence-corrected chi connectivity index (χ4v) is 1.00. The third-order valence-corrected chi connectivity index (χ3v) is 1.65. The predicted octanol–water partition coefficient (Wildman–Crippen LogP) is 2.00. The van der Waals surface area contributed by atoms with Crippen LogP contribution in [0.3, 0.4) is 0 Å². The van der Waals surface area contributed by atoms with Gasteiger partial charge in [-0.2, -0.15) is 0 Å². The lowest BCUT2D eigenvalue weighted by Gasteiger charge is -2.03. The average Bonchev–Trinajstić information content (AvgIpc) is 2.09. The van der Waals surface area contributed by atoms with Crippen LogP contribution in [0.5, 0.6) is 0 Å². The van der Waals surface area contributed by atoms with Crippen molar-refractivity contribution in [3.05, 3.63) is 11.1 Å². The lowest BCUT2D eigenvalue weighted by molar-refractivity contribution is -0.132. The maximum absolute atomic E-state index is 10.5. The van der Waals surface area contributed by atoms with Gasteiger partial charge in [-0.1, -0.05) is 12.5 Å². The van der Waals surface area contributed by atoms with Crippen LogP contribution >= 0.6 is 11.6 Å². The second-order valence-corrected chi connectivity index (χ2v) is 2.46. The van der Waals surface area contributed by atoms with Crippen LogP contribution in [-0.4, -0.2) is 24.0 Å². The number of hydrogen-bond donors (Lipinski definition) is 2. The Morgan fingerprint density at radius 2 is 1.92 bits per heavy atom. The van der Waals surface area contributed by atoms with Crippen LogP contribution in [0.15, 0.2) is 11.1 Å². The number of aliphatic carboxylic acids is 1. The molecule has 0 aliphatic carbocycles. The number of carbonyl (C=O) groups is 1. The van der Waals surface area contributed by atoms with Crippen molar-refractivity contribution in [2.75, 3.05) is 12.9 Å². The number of rotatable bonds is 4. The summed E-state index contributed by atoms with van der Waals surface area (Å²) in [6.45, 7) is 4.17. The molecule has 0 heterocycles. The van der Waals surface area contributed by atoms with Crippen molar-refractivity contribution in [1.82, 2.24) is 0 Å². The van der Waals surface area contributed by atoms with Gasteiger partial charge in [0, 0.05) is 12.0 Å². The molecule has 0 fully saturated rings. The molecule has 0 atom stereocenters. The summed E-state index contributed by atoms with van der Waals surface area (Å²) >= 11 is 4.64. The Morgan fingerprint density at radius 3 is 2.15 bits per heavy atom. The molecule has 0 amide bonds. The van der Waals surface area contributed by atoms with E-state index < -0.39 is 5.97 Å². The monoisotopic (exact) mass is 207 g/mol. The van der Waals surface area contributed by atoms with Crippen molar-refractivity contribution < 1.29 is 9.90 Å². The molecule has 0 spiro atoms. The molecule has 13 heavy (non-hydrogen) atoms. The Labute approximate surface area is 84.6 Å². The molecule has 0 aliphatic heterocycles. The quantitative estimate of drug-likeness (QED) is 0.548. The van der Waals surface area contributed by atoms with Crippen LogP contribution in [0.1, 0.15) is 26.7 Å². The predicted molar refractivity (Wildman–Crippen MR) is 56.1 cm³/mol. The molecule has 4 heteroatoms. The van der Waals surface area contributed by atoms with E-state index in [9.17, 15) is 4.79 Å². The Bertz CT molecular complexity index is 178. The van der Waals surface area contributed by atoms with Crippen LogP contribution in [-0.2, 0) is 4.79 Å². The first-order valence-electron chi connectivity index (χ1n) is 4.13. The van der Waals surface area contributed by atoms with Gasteiger partial charge < -0.3 is 10.8 Å². The second-order valence-electron chi connectivity index (χ2n) is 2.46. The molecule has 0 aliphatic rings. The van der Waals surface area contributed by atoms with Crippen LogP contribution < -0.4 is 5.73 Å². The number of nitrogens with two attached hydrogens (primary N) is 1. The van der Waals surface area contributed by atoms with Crippen molar-refractivity contribution in [2.45, 2.75) is 26.7 Å². The molecule has 0 aromatic carbocycles. The normalized spacial score (nSPS) is 11.2. The van der Waals surface area contributed by atoms with Gasteiger partial charge in [0.25, 0.3) is 0 Å². The summed E-state index contributed by atoms with van der Waals surface area (Å²) in [5.74, 6) is -0.821. The van der Waals surface area contributed by atoms with E-state index in [0.717, 1.165) is 5.57 Å². The minimum absolute atomic E-state index is 0.496. The average molecular weight is 208 g/mol. The van der Waals surface area contributed by atoms with Gasteiger partial charge in [-0.25, -0.2) is 4.79 Å². The highest BCUT2D eigenvalue weighted by Gasteiger charge is 2.07. The molecule has 0 aromatic heterocycles. The van der Waals surface area contributed by atoms with Gasteiger partial charge in [-0.15, -0.1) is 11.6 Å². The third kappa shape index (κ3) is 6.61. The van der Waals surface area contributed by atoms with Crippen molar-refractivity contribution in [2.24, 2.45) is 5.73 Å². The lowest BCUT2D eigenvalue weighted by atomic mass is 10.1. The third-order valence-electron chi connectivity index (χ3n) is 1.65. The largest absolute Gasteiger partial charge is 0.478 e. The number of hydrogen-bond acceptors (Lipinski definition) is 2. The Balaban J connectivity index is 0. The van der Waals surface area contributed by atoms with E-state index in [0.29, 0.717) is 25.0 Å². The number of halogens is 1. The summed E-state index contributed by atoms with van der Waals surface area (Å²) in [6.07, 6.45) is 2.72. The maximum Gasteiger partial charge on any atom is 0.331 e. The first-order chi connectivity index (χ1) is 6.13. The fourth-order valence-electron chi connectivity index (χ4n) is 1.00. The van der Waals surface area contributed by atoms with Crippen molar-refractivity contribution in [1.29, 1.82) is 0 Å². The minimum atomic E-state index is -0.821. The number of alkyl halides is 1. The summed E-state index contributed by atoms with van der Waals surface area (Å²) in [5.41, 5.74) is 6.68. The second kappa shape index (κ2) is 9.55. The molecule has 0 bridgehead atoms. The summed E-state index contributed by atoms with van der Waals surface area (Å²) in [6, 6.07) is 0. The van der Waals surface area contributed by atoms with E-state index in [-0.39, 0.29) is 0 Å². The summed E-state index contributed by atoms with van der Waals surface area (Å²) < 4.78 is 0. The van der Waals surface area contributed by atoms with E-state index in [1.54, 1.807) is 0 Å². The molecule has 3 N–H and O–H groups in total. The summed E-state index contributed by atoms with van der Waals surface area (Å²) in [4.78, 5) is 10.5. The highest BCUT2D eigenvalue weighted by atomic mass is 35.5. The number of carboxylic acid groups (broad SMARTS) is 1. The molecule has 0 unspecified atom stereocenters. The van der Waals surface area contributed by atoms with Gasteiger partial charge in [-0.05, 0) is 26.3 Å². The standard InChI is InChI=1S/C8H15NO2.CH3Cl/c1-3-7(8(10)11)6(2)4-5-9;1-2/h3-5,9H2,1-2H3,(H,10,11);1H3. The van der Waals surface area contributed by atoms with Gasteiger partial charge in [0.1, 0.15) is 0 Å². The van der Waals surface area contributed by atoms with E-state index in [4.69, 9.17) is 10.8 Å². The zero-order chi connectivity index (χ0) is 10.9. The van der Waals surface area contributed by atoms with Crippen LogP contribution in [0.25, 0.3) is 0 Å². The van der Waals surface area contributed by atoms with Crippen LogP contribution in [0.4, 0.5) is 0 Å². The topological polar surface area (TPSA) is 63.3 Å². The Morgan fingerprint density at radius 1 is 1.46 bits per heavy atom. The van der Waals surface area contributed by atoms with E-state index >= 15 is 0 Å². The Kier molecular flexibility index (Phi) is 11.0. The molecule has 78 valence electrons. The van der Waals surface area contributed by atoms with E-state index in [2.05, 4.69) is 11.6 Å². The molecule has 0 saturated carbocycles. The van der Waals surface area contributed by atoms with Gasteiger partial charge >= 0.3 is 5.97 Å². The molecule has 0 rings (SSSR count). The zero-order valence-corrected chi connectivity index (χ0v) is 9.19. The van der Waals surface area contributed by atoms with Gasteiger partial charge in [0.15, 0.2) is 0 Å². The highest BCUT2D eigenvalue weighted by Crippen LogP contribution is 2.10. The zero-order valence-electron chi connectivity index (χ0n) is 8.43. The van der Waals surface area contributed by atoms with Gasteiger partial charge in [-0.3, -0.25) is 0 Å². The van der Waals surface area contributed by atoms with E-state index in [1.165, 1.54) is 6.38 Å². The highest BCUT2D eigenvalue weighted by molar-refractivity contribution is 6.15. The summed E-state index contributed by atoms with van der Waals surface area (Å²) in [7, 11) is 0. The van der Waals surface area contributed by atoms with Crippen LogP contribution in [0.2, 0.25) is 0 Å². The van der Waals surface area contributed by atoms with Gasteiger partial charge in [0.2, 0.25) is 0 Å². The molecule has 3 nitrogen and oxygen atoms in total. The Hall–Kier alpha value is -0.540. The lowest BCUT2D eigenvalue weighted by Crippen LogP contribution is -2.06. The molecule has 0 radical (unpaired) electrons. The maximum atomic E-state index is 10.5. The first kappa shape index (κ1) is 15.0. The van der Waals surface area contributed by atoms with Crippen molar-refractivity contribution in [3.63, 3.8) is 0 Å². The number of carboxylic acids is 1. The molecule has 0 saturated heterocycles. The van der Waals surface area contributed by atoms with Gasteiger partial charge in [0.05, 0.1) is 0 Å². The first-order valence-corrected chi connectivity index (χ1v) is 4.88. The minimum Gasteiger partial charge on any atom is -0.478 e. The SMILES string of the molecule is CCC(C(=O)O)=C(C)CCN.CCl.